The quantitative estimate of drug-likeness (QED) is 0.602. The van der Waals surface area contributed by atoms with E-state index in [1.165, 1.54) is 11.1 Å². The van der Waals surface area contributed by atoms with Crippen molar-refractivity contribution < 1.29 is 18.4 Å². The molecule has 1 saturated heterocycles. The summed E-state index contributed by atoms with van der Waals surface area (Å²) in [5.41, 5.74) is 2.22. The van der Waals surface area contributed by atoms with Crippen LogP contribution in [0.1, 0.15) is 35.9 Å². The minimum atomic E-state index is -1.12. The Balaban J connectivity index is 1.39. The van der Waals surface area contributed by atoms with Gasteiger partial charge in [-0.25, -0.2) is 4.79 Å². The van der Waals surface area contributed by atoms with Crippen LogP contribution in [0.25, 0.3) is 11.7 Å². The van der Waals surface area contributed by atoms with E-state index in [4.69, 9.17) is 8.83 Å². The lowest BCUT2D eigenvalue weighted by Crippen LogP contribution is -2.41. The highest BCUT2D eigenvalue weighted by molar-refractivity contribution is 9.10. The number of rotatable bonds is 4. The van der Waals surface area contributed by atoms with Crippen molar-refractivity contribution in [3.05, 3.63) is 57.6 Å². The van der Waals surface area contributed by atoms with Gasteiger partial charge in [0.05, 0.1) is 0 Å². The van der Waals surface area contributed by atoms with Gasteiger partial charge in [0, 0.05) is 0 Å². The first-order valence-electron chi connectivity index (χ1n) is 9.28. The van der Waals surface area contributed by atoms with Crippen LogP contribution in [-0.2, 0) is 29.7 Å². The summed E-state index contributed by atoms with van der Waals surface area (Å²) < 4.78 is 11.5. The lowest BCUT2D eigenvalue weighted by Gasteiger charge is -2.23. The van der Waals surface area contributed by atoms with E-state index in [-0.39, 0.29) is 24.2 Å². The molecule has 0 radical (unpaired) electrons. The van der Waals surface area contributed by atoms with Gasteiger partial charge in [-0.1, -0.05) is 18.2 Å². The zero-order valence-electron chi connectivity index (χ0n) is 15.6. The highest BCUT2D eigenvalue weighted by Gasteiger charge is 2.49. The largest absolute Gasteiger partial charge is 0.444 e. The third-order valence-electron chi connectivity index (χ3n) is 5.50. The van der Waals surface area contributed by atoms with Crippen LogP contribution in [0.4, 0.5) is 4.79 Å². The molecule has 1 aromatic carbocycles. The second-order valence-corrected chi connectivity index (χ2v) is 8.17. The number of urea groups is 1. The number of furan rings is 1. The lowest BCUT2D eigenvalue weighted by molar-refractivity contribution is -0.131. The molecule has 148 valence electrons. The van der Waals surface area contributed by atoms with Gasteiger partial charge in [0.1, 0.15) is 12.1 Å². The molecule has 0 bridgehead atoms. The van der Waals surface area contributed by atoms with Gasteiger partial charge in [0.2, 0.25) is 5.89 Å². The fraction of sp³-hybridized carbons (Fsp3) is 0.300. The van der Waals surface area contributed by atoms with Gasteiger partial charge < -0.3 is 14.2 Å². The molecule has 3 heterocycles. The van der Waals surface area contributed by atoms with Gasteiger partial charge in [-0.05, 0) is 70.9 Å². The van der Waals surface area contributed by atoms with Crippen molar-refractivity contribution in [2.24, 2.45) is 0 Å². The molecule has 5 rings (SSSR count). The third kappa shape index (κ3) is 2.96. The highest BCUT2D eigenvalue weighted by Crippen LogP contribution is 2.33. The molecule has 1 N–H and O–H groups in total. The first kappa shape index (κ1) is 18.1. The summed E-state index contributed by atoms with van der Waals surface area (Å²) in [6.45, 7) is 1.61. The zero-order chi connectivity index (χ0) is 20.2. The number of nitrogens with one attached hydrogen (secondary N) is 1. The number of amides is 3. The maximum Gasteiger partial charge on any atom is 0.325 e. The molecule has 29 heavy (non-hydrogen) atoms. The first-order valence-corrected chi connectivity index (χ1v) is 10.1. The van der Waals surface area contributed by atoms with Crippen LogP contribution in [0.15, 0.2) is 43.8 Å². The van der Waals surface area contributed by atoms with E-state index >= 15 is 0 Å². The number of fused-ring (bicyclic) bond motifs is 1. The van der Waals surface area contributed by atoms with E-state index in [9.17, 15) is 9.59 Å². The molecule has 8 nitrogen and oxygen atoms in total. The molecular weight excluding hydrogens is 440 g/mol. The highest BCUT2D eigenvalue weighted by atomic mass is 79.9. The number of hydrogen-bond acceptors (Lipinski definition) is 6. The van der Waals surface area contributed by atoms with Crippen molar-refractivity contribution in [1.29, 1.82) is 0 Å². The Bertz CT molecular complexity index is 1140. The summed E-state index contributed by atoms with van der Waals surface area (Å²) in [5.74, 6) is 0.380. The van der Waals surface area contributed by atoms with Crippen LogP contribution < -0.4 is 5.32 Å². The number of hydrogen-bond donors (Lipinski definition) is 1. The summed E-state index contributed by atoms with van der Waals surface area (Å²) >= 11 is 3.21. The van der Waals surface area contributed by atoms with Crippen molar-refractivity contribution in [3.8, 4) is 11.7 Å². The van der Waals surface area contributed by atoms with Gasteiger partial charge in [-0.2, -0.15) is 0 Å². The predicted molar refractivity (Wildman–Crippen MR) is 105 cm³/mol. The maximum atomic E-state index is 13.2. The van der Waals surface area contributed by atoms with E-state index in [0.29, 0.717) is 10.4 Å². The number of aryl methyl sites for hydroxylation is 2. The predicted octanol–water partition coefficient (Wildman–Crippen LogP) is 3.55. The number of carbonyl (C=O) groups is 2. The SMILES string of the molecule is CC1(c2ccc3c(c2)CCC3)NC(=O)N(Cc2nnc(-c3ccc(Br)o3)o2)C1=O. The minimum absolute atomic E-state index is 0.111. The van der Waals surface area contributed by atoms with Crippen molar-refractivity contribution in [3.63, 3.8) is 0 Å². The molecule has 2 aromatic heterocycles. The van der Waals surface area contributed by atoms with Crippen LogP contribution in [0.3, 0.4) is 0 Å². The topological polar surface area (TPSA) is 101 Å². The maximum absolute atomic E-state index is 13.2. The minimum Gasteiger partial charge on any atom is -0.444 e. The fourth-order valence-electron chi connectivity index (χ4n) is 3.90. The Labute approximate surface area is 174 Å². The van der Waals surface area contributed by atoms with Crippen LogP contribution in [0.5, 0.6) is 0 Å². The van der Waals surface area contributed by atoms with Crippen LogP contribution in [0, 0.1) is 0 Å². The Morgan fingerprint density at radius 1 is 1.14 bits per heavy atom. The van der Waals surface area contributed by atoms with Gasteiger partial charge in [0.15, 0.2) is 10.4 Å². The van der Waals surface area contributed by atoms with Gasteiger partial charge >= 0.3 is 6.03 Å². The number of carbonyl (C=O) groups excluding carboxylic acids is 2. The average molecular weight is 457 g/mol. The second kappa shape index (κ2) is 6.55. The van der Waals surface area contributed by atoms with Gasteiger partial charge in [0.25, 0.3) is 11.8 Å². The molecule has 3 amide bonds. The van der Waals surface area contributed by atoms with E-state index in [0.717, 1.165) is 29.7 Å². The lowest BCUT2D eigenvalue weighted by atomic mass is 9.90. The molecule has 0 spiro atoms. The molecule has 1 aliphatic carbocycles. The van der Waals surface area contributed by atoms with Gasteiger partial charge in [-0.15, -0.1) is 10.2 Å². The summed E-state index contributed by atoms with van der Waals surface area (Å²) in [7, 11) is 0. The summed E-state index contributed by atoms with van der Waals surface area (Å²) in [6.07, 6.45) is 3.18. The normalized spacial score (nSPS) is 21.0. The Hall–Kier alpha value is -2.94. The van der Waals surface area contributed by atoms with Crippen LogP contribution >= 0.6 is 15.9 Å². The molecule has 1 fully saturated rings. The molecule has 3 aromatic rings. The Kier molecular flexibility index (Phi) is 4.09. The Morgan fingerprint density at radius 2 is 1.97 bits per heavy atom. The average Bonchev–Trinajstić information content (AvgIpc) is 3.47. The molecule has 0 saturated carbocycles. The summed E-state index contributed by atoms with van der Waals surface area (Å²) in [4.78, 5) is 26.8. The molecular formula is C20H17BrN4O4. The van der Waals surface area contributed by atoms with Crippen LogP contribution in [-0.4, -0.2) is 27.0 Å². The summed E-state index contributed by atoms with van der Waals surface area (Å²) in [5, 5.41) is 10.7. The Morgan fingerprint density at radius 3 is 2.76 bits per heavy atom. The number of nitrogens with zero attached hydrogens (tertiary/aromatic N) is 3. The van der Waals surface area contributed by atoms with E-state index < -0.39 is 11.6 Å². The number of benzene rings is 1. The first-order chi connectivity index (χ1) is 13.9. The zero-order valence-corrected chi connectivity index (χ0v) is 17.2. The number of halogens is 1. The van der Waals surface area contributed by atoms with E-state index in [1.54, 1.807) is 19.1 Å². The van der Waals surface area contributed by atoms with Crippen molar-refractivity contribution in [2.75, 3.05) is 0 Å². The third-order valence-corrected chi connectivity index (χ3v) is 5.92. The van der Waals surface area contributed by atoms with Crippen molar-refractivity contribution in [1.82, 2.24) is 20.4 Å². The molecule has 2 aliphatic rings. The molecule has 1 atom stereocenters. The number of aromatic nitrogens is 2. The molecule has 1 aliphatic heterocycles. The van der Waals surface area contributed by atoms with E-state index in [2.05, 4.69) is 37.5 Å². The van der Waals surface area contributed by atoms with E-state index in [1.807, 2.05) is 12.1 Å². The van der Waals surface area contributed by atoms with Gasteiger partial charge in [-0.3, -0.25) is 9.69 Å². The standard InChI is InChI=1S/C20H17BrN4O4/c1-20(13-6-5-11-3-2-4-12(11)9-13)18(26)25(19(27)22-20)10-16-23-24-17(29-16)14-7-8-15(21)28-14/h5-9H,2-4,10H2,1H3,(H,22,27). The summed E-state index contributed by atoms with van der Waals surface area (Å²) in [6, 6.07) is 8.91. The van der Waals surface area contributed by atoms with Crippen molar-refractivity contribution >= 4 is 27.9 Å². The smallest absolute Gasteiger partial charge is 0.325 e. The number of imide groups is 1. The molecule has 9 heteroatoms. The van der Waals surface area contributed by atoms with Crippen LogP contribution in [0.2, 0.25) is 0 Å². The monoisotopic (exact) mass is 456 g/mol. The molecule has 1 unspecified atom stereocenters. The second-order valence-electron chi connectivity index (χ2n) is 7.39. The van der Waals surface area contributed by atoms with Crippen molar-refractivity contribution in [2.45, 2.75) is 38.3 Å². The fourth-order valence-corrected chi connectivity index (χ4v) is 4.21.